The lowest BCUT2D eigenvalue weighted by Crippen LogP contribution is -2.27. The number of hydrogen-bond donors (Lipinski definition) is 3. The molecular formula is C50H94NO8P. The quantitative estimate of drug-likeness (QED) is 0.0238. The highest BCUT2D eigenvalue weighted by molar-refractivity contribution is 7.47. The molecule has 0 aromatic rings. The van der Waals surface area contributed by atoms with Gasteiger partial charge in [-0.25, -0.2) is 4.57 Å². The zero-order valence-electron chi connectivity index (χ0n) is 38.9. The molecule has 10 heteroatoms. The number of ether oxygens (including phenoxy) is 1. The minimum atomic E-state index is -4.42. The Bertz CT molecular complexity index is 1080. The van der Waals surface area contributed by atoms with Crippen LogP contribution in [-0.2, 0) is 27.9 Å². The molecule has 9 nitrogen and oxygen atoms in total. The summed E-state index contributed by atoms with van der Waals surface area (Å²) in [7, 11) is -4.42. The maximum absolute atomic E-state index is 12.1. The van der Waals surface area contributed by atoms with Crippen molar-refractivity contribution in [1.82, 2.24) is 5.32 Å². The number of carbonyl (C=O) groups is 2. The Labute approximate surface area is 369 Å². The van der Waals surface area contributed by atoms with E-state index < -0.39 is 26.5 Å². The van der Waals surface area contributed by atoms with Crippen LogP contribution in [0.5, 0.6) is 0 Å². The molecule has 0 aromatic carbocycles. The number of amides is 1. The molecule has 0 aliphatic carbocycles. The number of aliphatic hydroxyl groups excluding tert-OH is 1. The number of allylic oxidation sites excluding steroid dienone is 6. The first-order valence-electron chi connectivity index (χ1n) is 25.0. The molecule has 0 aromatic heterocycles. The Balaban J connectivity index is 3.54. The molecule has 352 valence electrons. The summed E-state index contributed by atoms with van der Waals surface area (Å²) in [5, 5.41) is 12.7. The second-order valence-corrected chi connectivity index (χ2v) is 18.2. The van der Waals surface area contributed by atoms with Crippen LogP contribution in [0.3, 0.4) is 0 Å². The molecule has 0 bridgehead atoms. The van der Waals surface area contributed by atoms with Crippen molar-refractivity contribution in [3.8, 4) is 0 Å². The molecule has 0 aliphatic heterocycles. The SMILES string of the molecule is CC/C=C\C/C=C\C/C=C\CCCCCCCCCC(=O)NCCOP(=O)(O)OCC(O)COC(=O)CCCCCCCCCCCCCCCCCCCCCCCC. The average Bonchev–Trinajstić information content (AvgIpc) is 3.23. The molecule has 3 N–H and O–H groups in total. The van der Waals surface area contributed by atoms with E-state index in [1.807, 2.05) is 0 Å². The number of hydrogen-bond acceptors (Lipinski definition) is 7. The maximum Gasteiger partial charge on any atom is 0.472 e. The zero-order valence-corrected chi connectivity index (χ0v) is 39.8. The number of rotatable bonds is 47. The molecular weight excluding hydrogens is 774 g/mol. The first-order valence-corrected chi connectivity index (χ1v) is 26.5. The summed E-state index contributed by atoms with van der Waals surface area (Å²) in [5.74, 6) is -0.518. The standard InChI is InChI=1S/C50H94NO8P/c1-3-5-7-9-11-13-15-17-19-21-22-23-24-25-27-29-31-33-35-37-39-41-43-50(54)57-46-48(52)47-59-60(55,56)58-45-44-51-49(53)42-40-38-36-34-32-30-28-26-20-18-16-14-12-10-8-6-4-2/h6,8,12,14,18,20,48,52H,3-5,7,9-11,13,15-17,19,21-47H2,1-2H3,(H,51,53)(H,55,56)/b8-6-,14-12-,20-18-. The molecule has 2 atom stereocenters. The second kappa shape index (κ2) is 46.7. The Kier molecular flexibility index (Phi) is 45.3. The van der Waals surface area contributed by atoms with E-state index in [9.17, 15) is 24.2 Å². The van der Waals surface area contributed by atoms with Gasteiger partial charge in [-0.05, 0) is 44.9 Å². The fourth-order valence-corrected chi connectivity index (χ4v) is 7.86. The van der Waals surface area contributed by atoms with E-state index in [1.54, 1.807) is 0 Å². The average molecular weight is 868 g/mol. The van der Waals surface area contributed by atoms with Gasteiger partial charge in [-0.1, -0.05) is 217 Å². The van der Waals surface area contributed by atoms with Crippen LogP contribution in [0, 0.1) is 0 Å². The van der Waals surface area contributed by atoms with Crippen molar-refractivity contribution < 1.29 is 37.9 Å². The second-order valence-electron chi connectivity index (χ2n) is 16.8. The van der Waals surface area contributed by atoms with Gasteiger partial charge in [-0.3, -0.25) is 18.6 Å². The number of aliphatic hydroxyl groups is 1. The van der Waals surface area contributed by atoms with Gasteiger partial charge in [0.2, 0.25) is 5.91 Å². The molecule has 0 saturated carbocycles. The van der Waals surface area contributed by atoms with Crippen molar-refractivity contribution in [3.05, 3.63) is 36.5 Å². The maximum atomic E-state index is 12.1. The van der Waals surface area contributed by atoms with Crippen LogP contribution >= 0.6 is 7.82 Å². The number of esters is 1. The first-order chi connectivity index (χ1) is 29.3. The zero-order chi connectivity index (χ0) is 43.9. The van der Waals surface area contributed by atoms with E-state index in [0.29, 0.717) is 6.42 Å². The molecule has 2 unspecified atom stereocenters. The lowest BCUT2D eigenvalue weighted by atomic mass is 10.0. The topological polar surface area (TPSA) is 131 Å². The van der Waals surface area contributed by atoms with Crippen LogP contribution in [0.2, 0.25) is 0 Å². The van der Waals surface area contributed by atoms with Gasteiger partial charge in [0, 0.05) is 19.4 Å². The predicted molar refractivity (Wildman–Crippen MR) is 252 cm³/mol. The molecule has 0 saturated heterocycles. The molecule has 1 amide bonds. The third-order valence-electron chi connectivity index (χ3n) is 10.8. The molecule has 60 heavy (non-hydrogen) atoms. The minimum absolute atomic E-state index is 0.0769. The Hall–Kier alpha value is -1.77. The van der Waals surface area contributed by atoms with E-state index in [-0.39, 0.29) is 32.1 Å². The van der Waals surface area contributed by atoms with Gasteiger partial charge in [0.15, 0.2) is 0 Å². The molecule has 0 spiro atoms. The van der Waals surface area contributed by atoms with Crippen LogP contribution in [0.4, 0.5) is 0 Å². The van der Waals surface area contributed by atoms with Crippen LogP contribution < -0.4 is 5.32 Å². The van der Waals surface area contributed by atoms with E-state index >= 15 is 0 Å². The largest absolute Gasteiger partial charge is 0.472 e. The van der Waals surface area contributed by atoms with Crippen molar-refractivity contribution in [2.24, 2.45) is 0 Å². The summed E-state index contributed by atoms with van der Waals surface area (Å²) in [4.78, 5) is 34.0. The molecule has 0 aliphatic rings. The Morgan fingerprint density at radius 3 is 1.43 bits per heavy atom. The minimum Gasteiger partial charge on any atom is -0.463 e. The van der Waals surface area contributed by atoms with Crippen molar-refractivity contribution >= 4 is 19.7 Å². The fourth-order valence-electron chi connectivity index (χ4n) is 7.10. The highest BCUT2D eigenvalue weighted by Crippen LogP contribution is 2.42. The summed E-state index contributed by atoms with van der Waals surface area (Å²) in [5.41, 5.74) is 0. The summed E-state index contributed by atoms with van der Waals surface area (Å²) in [6.45, 7) is 3.47. The van der Waals surface area contributed by atoms with Crippen molar-refractivity contribution in [2.75, 3.05) is 26.4 Å². The smallest absolute Gasteiger partial charge is 0.463 e. The fraction of sp³-hybridized carbons (Fsp3) is 0.840. The molecule has 0 fully saturated rings. The number of nitrogens with one attached hydrogen (secondary N) is 1. The van der Waals surface area contributed by atoms with Gasteiger partial charge >= 0.3 is 13.8 Å². The van der Waals surface area contributed by atoms with Gasteiger partial charge in [-0.15, -0.1) is 0 Å². The van der Waals surface area contributed by atoms with Crippen molar-refractivity contribution in [1.29, 1.82) is 0 Å². The number of phosphoric acid groups is 1. The third kappa shape index (κ3) is 47.3. The van der Waals surface area contributed by atoms with Crippen LogP contribution in [0.25, 0.3) is 0 Å². The van der Waals surface area contributed by atoms with Gasteiger partial charge in [0.05, 0.1) is 13.2 Å². The number of carbonyl (C=O) groups excluding carboxylic acids is 2. The first kappa shape index (κ1) is 58.2. The van der Waals surface area contributed by atoms with E-state index in [1.165, 1.54) is 148 Å². The lowest BCUT2D eigenvalue weighted by Gasteiger charge is -2.15. The van der Waals surface area contributed by atoms with Crippen LogP contribution in [0.1, 0.15) is 239 Å². The third-order valence-corrected chi connectivity index (χ3v) is 11.8. The van der Waals surface area contributed by atoms with E-state index in [0.717, 1.165) is 64.2 Å². The Morgan fingerprint density at radius 1 is 0.533 bits per heavy atom. The lowest BCUT2D eigenvalue weighted by molar-refractivity contribution is -0.147. The monoisotopic (exact) mass is 868 g/mol. The predicted octanol–water partition coefficient (Wildman–Crippen LogP) is 14.5. The van der Waals surface area contributed by atoms with Crippen LogP contribution in [0.15, 0.2) is 36.5 Å². The van der Waals surface area contributed by atoms with Gasteiger partial charge < -0.3 is 20.1 Å². The highest BCUT2D eigenvalue weighted by Gasteiger charge is 2.23. The van der Waals surface area contributed by atoms with Gasteiger partial charge in [0.25, 0.3) is 0 Å². The normalized spacial score (nSPS) is 13.5. The van der Waals surface area contributed by atoms with E-state index in [2.05, 4.69) is 55.6 Å². The van der Waals surface area contributed by atoms with Crippen molar-refractivity contribution in [2.45, 2.75) is 245 Å². The van der Waals surface area contributed by atoms with Gasteiger partial charge in [-0.2, -0.15) is 0 Å². The highest BCUT2D eigenvalue weighted by atomic mass is 31.2. The number of unbranched alkanes of at least 4 members (excludes halogenated alkanes) is 28. The van der Waals surface area contributed by atoms with Crippen LogP contribution in [-0.4, -0.2) is 54.3 Å². The number of phosphoric ester groups is 1. The Morgan fingerprint density at radius 2 is 0.950 bits per heavy atom. The van der Waals surface area contributed by atoms with Gasteiger partial charge in [0.1, 0.15) is 12.7 Å². The summed E-state index contributed by atoms with van der Waals surface area (Å²) < 4.78 is 27.0. The molecule has 0 heterocycles. The summed E-state index contributed by atoms with van der Waals surface area (Å²) in [6.07, 6.45) is 53.7. The summed E-state index contributed by atoms with van der Waals surface area (Å²) >= 11 is 0. The summed E-state index contributed by atoms with van der Waals surface area (Å²) in [6, 6.07) is 0. The molecule has 0 radical (unpaired) electrons. The van der Waals surface area contributed by atoms with Crippen molar-refractivity contribution in [3.63, 3.8) is 0 Å². The molecule has 0 rings (SSSR count). The van der Waals surface area contributed by atoms with E-state index in [4.69, 9.17) is 13.8 Å².